The molecule has 1 aromatic rings. The van der Waals surface area contributed by atoms with Crippen LogP contribution in [0.2, 0.25) is 0 Å². The molecule has 0 radical (unpaired) electrons. The van der Waals surface area contributed by atoms with Crippen molar-refractivity contribution in [2.45, 2.75) is 31.7 Å². The number of hydrogen-bond donors (Lipinski definition) is 2. The first-order valence-corrected chi connectivity index (χ1v) is 7.03. The Kier molecular flexibility index (Phi) is 2.88. The van der Waals surface area contributed by atoms with Crippen LogP contribution in [0.25, 0.3) is 0 Å². The van der Waals surface area contributed by atoms with Crippen LogP contribution >= 0.6 is 0 Å². The van der Waals surface area contributed by atoms with Gasteiger partial charge in [0.2, 0.25) is 0 Å². The van der Waals surface area contributed by atoms with Crippen molar-refractivity contribution in [3.63, 3.8) is 0 Å². The first-order valence-electron chi connectivity index (χ1n) is 7.03. The van der Waals surface area contributed by atoms with Crippen molar-refractivity contribution >= 4 is 11.6 Å². The fourth-order valence-corrected chi connectivity index (χ4v) is 2.73. The molecule has 1 saturated carbocycles. The highest BCUT2D eigenvalue weighted by Crippen LogP contribution is 2.35. The van der Waals surface area contributed by atoms with Gasteiger partial charge in [-0.2, -0.15) is 0 Å². The van der Waals surface area contributed by atoms with Gasteiger partial charge in [-0.3, -0.25) is 0 Å². The quantitative estimate of drug-likeness (QED) is 0.814. The Morgan fingerprint density at radius 2 is 2.16 bits per heavy atom. The molecule has 4 N–H and O–H groups in total. The minimum Gasteiger partial charge on any atom is -0.399 e. The molecule has 1 atom stereocenters. The van der Waals surface area contributed by atoms with Crippen LogP contribution in [0.15, 0.2) is 29.3 Å². The summed E-state index contributed by atoms with van der Waals surface area (Å²) in [6.07, 6.45) is 3.68. The molecule has 0 aromatic heterocycles. The van der Waals surface area contributed by atoms with Gasteiger partial charge in [0.05, 0.1) is 5.54 Å². The summed E-state index contributed by atoms with van der Waals surface area (Å²) in [6, 6.07) is 7.98. The topological polar surface area (TPSA) is 67.6 Å². The van der Waals surface area contributed by atoms with E-state index in [4.69, 9.17) is 16.5 Å². The average molecular weight is 258 g/mol. The van der Waals surface area contributed by atoms with E-state index in [1.165, 1.54) is 12.8 Å². The normalized spacial score (nSPS) is 27.2. The largest absolute Gasteiger partial charge is 0.399 e. The van der Waals surface area contributed by atoms with Gasteiger partial charge < -0.3 is 16.4 Å². The first kappa shape index (κ1) is 12.3. The maximum atomic E-state index is 6.15. The number of hydrogen-bond acceptors (Lipinski definition) is 4. The van der Waals surface area contributed by atoms with E-state index in [-0.39, 0.29) is 5.54 Å². The third-order valence-corrected chi connectivity index (χ3v) is 4.24. The molecule has 0 spiro atoms. The molecule has 3 rings (SSSR count). The predicted molar refractivity (Wildman–Crippen MR) is 78.7 cm³/mol. The van der Waals surface area contributed by atoms with Crippen molar-refractivity contribution in [2.24, 2.45) is 16.6 Å². The molecule has 1 fully saturated rings. The van der Waals surface area contributed by atoms with Gasteiger partial charge in [-0.05, 0) is 49.8 Å². The van der Waals surface area contributed by atoms with Gasteiger partial charge in [-0.25, -0.2) is 4.99 Å². The van der Waals surface area contributed by atoms with Gasteiger partial charge >= 0.3 is 0 Å². The summed E-state index contributed by atoms with van der Waals surface area (Å²) in [7, 11) is 0. The predicted octanol–water partition coefficient (Wildman–Crippen LogP) is 1.91. The second-order valence-corrected chi connectivity index (χ2v) is 6.01. The van der Waals surface area contributed by atoms with Crippen LogP contribution in [0, 0.1) is 5.92 Å². The van der Waals surface area contributed by atoms with Crippen molar-refractivity contribution in [1.82, 2.24) is 4.90 Å². The Morgan fingerprint density at radius 3 is 2.79 bits per heavy atom. The molecule has 1 aromatic carbocycles. The van der Waals surface area contributed by atoms with E-state index in [2.05, 4.69) is 17.9 Å². The Hall–Kier alpha value is -1.71. The van der Waals surface area contributed by atoms with Crippen molar-refractivity contribution in [1.29, 1.82) is 0 Å². The monoisotopic (exact) mass is 258 g/mol. The molecule has 4 heteroatoms. The molecule has 0 amide bonds. The Labute approximate surface area is 114 Å². The number of guanidine groups is 1. The lowest BCUT2D eigenvalue weighted by Crippen LogP contribution is -2.47. The maximum Gasteiger partial charge on any atom is 0.192 e. The Balaban J connectivity index is 1.83. The summed E-state index contributed by atoms with van der Waals surface area (Å²) in [4.78, 5) is 6.98. The fourth-order valence-electron chi connectivity index (χ4n) is 2.73. The third kappa shape index (κ3) is 2.53. The van der Waals surface area contributed by atoms with Crippen molar-refractivity contribution in [3.05, 3.63) is 29.8 Å². The lowest BCUT2D eigenvalue weighted by Gasteiger charge is -2.37. The lowest BCUT2D eigenvalue weighted by molar-refractivity contribution is 0.298. The Bertz CT molecular complexity index is 507. The van der Waals surface area contributed by atoms with Gasteiger partial charge in [-0.1, -0.05) is 12.1 Å². The van der Waals surface area contributed by atoms with Gasteiger partial charge in [0.25, 0.3) is 0 Å². The van der Waals surface area contributed by atoms with Gasteiger partial charge in [0, 0.05) is 18.8 Å². The van der Waals surface area contributed by atoms with Crippen molar-refractivity contribution < 1.29 is 0 Å². The van der Waals surface area contributed by atoms with E-state index in [0.717, 1.165) is 36.7 Å². The zero-order valence-corrected chi connectivity index (χ0v) is 11.5. The van der Waals surface area contributed by atoms with Crippen LogP contribution in [0.4, 0.5) is 5.69 Å². The van der Waals surface area contributed by atoms with E-state index < -0.39 is 0 Å². The van der Waals surface area contributed by atoms with Crippen LogP contribution in [0.1, 0.15) is 31.7 Å². The van der Waals surface area contributed by atoms with E-state index in [1.807, 2.05) is 18.2 Å². The second kappa shape index (κ2) is 4.44. The number of aliphatic imine (C=N–C) groups is 1. The van der Waals surface area contributed by atoms with Crippen LogP contribution < -0.4 is 11.5 Å². The minimum absolute atomic E-state index is 0.237. The highest BCUT2D eigenvalue weighted by molar-refractivity contribution is 5.79. The molecular weight excluding hydrogens is 236 g/mol. The summed E-state index contributed by atoms with van der Waals surface area (Å²) in [6.45, 7) is 4.20. The van der Waals surface area contributed by atoms with E-state index in [9.17, 15) is 0 Å². The van der Waals surface area contributed by atoms with Crippen molar-refractivity contribution in [3.8, 4) is 0 Å². The second-order valence-electron chi connectivity index (χ2n) is 6.01. The highest BCUT2D eigenvalue weighted by atomic mass is 15.3. The third-order valence-electron chi connectivity index (χ3n) is 4.24. The number of benzene rings is 1. The van der Waals surface area contributed by atoms with Crippen molar-refractivity contribution in [2.75, 3.05) is 18.8 Å². The zero-order valence-electron chi connectivity index (χ0n) is 11.5. The number of anilines is 1. The van der Waals surface area contributed by atoms with Gasteiger partial charge in [-0.15, -0.1) is 0 Å². The number of rotatable bonds is 3. The summed E-state index contributed by atoms with van der Waals surface area (Å²) in [5.74, 6) is 1.52. The summed E-state index contributed by atoms with van der Waals surface area (Å²) in [5, 5.41) is 0. The summed E-state index contributed by atoms with van der Waals surface area (Å²) >= 11 is 0. The summed E-state index contributed by atoms with van der Waals surface area (Å²) < 4.78 is 0. The minimum atomic E-state index is -0.237. The van der Waals surface area contributed by atoms with Crippen LogP contribution in [-0.2, 0) is 5.54 Å². The molecule has 1 aliphatic carbocycles. The molecular formula is C15H22N4. The average Bonchev–Trinajstić information content (AvgIpc) is 3.17. The number of nitrogens with zero attached hydrogens (tertiary/aromatic N) is 2. The van der Waals surface area contributed by atoms with Gasteiger partial charge in [0.15, 0.2) is 5.96 Å². The molecule has 0 unspecified atom stereocenters. The van der Waals surface area contributed by atoms with E-state index in [1.54, 1.807) is 0 Å². The van der Waals surface area contributed by atoms with Crippen LogP contribution in [0.3, 0.4) is 0 Å². The van der Waals surface area contributed by atoms with Crippen LogP contribution in [0.5, 0.6) is 0 Å². The zero-order chi connectivity index (χ0) is 13.5. The Morgan fingerprint density at radius 1 is 1.37 bits per heavy atom. The molecule has 0 saturated heterocycles. The molecule has 1 aliphatic heterocycles. The first-order chi connectivity index (χ1) is 9.07. The smallest absolute Gasteiger partial charge is 0.192 e. The molecule has 4 nitrogen and oxygen atoms in total. The van der Waals surface area contributed by atoms with Gasteiger partial charge in [0.1, 0.15) is 0 Å². The highest BCUT2D eigenvalue weighted by Gasteiger charge is 2.34. The molecule has 102 valence electrons. The summed E-state index contributed by atoms with van der Waals surface area (Å²) in [5.41, 5.74) is 13.7. The van der Waals surface area contributed by atoms with Crippen LogP contribution in [-0.4, -0.2) is 23.9 Å². The molecule has 2 aliphatic rings. The lowest BCUT2D eigenvalue weighted by atomic mass is 9.87. The molecule has 1 heterocycles. The fraction of sp³-hybridized carbons (Fsp3) is 0.533. The SMILES string of the molecule is C[C@@]1(c2cccc(N)c2)CCN(CC2CC2)C(N)=N1. The van der Waals surface area contributed by atoms with E-state index >= 15 is 0 Å². The molecule has 0 bridgehead atoms. The van der Waals surface area contributed by atoms with E-state index in [0.29, 0.717) is 5.96 Å². The standard InChI is InChI=1S/C15H22N4/c1-15(12-3-2-4-13(16)9-12)7-8-19(14(17)18-15)10-11-5-6-11/h2-4,9,11H,5-8,10,16H2,1H3,(H2,17,18)/t15-/m0/s1. The number of nitrogens with two attached hydrogens (primary N) is 2. The maximum absolute atomic E-state index is 6.15. The number of nitrogen functional groups attached to an aromatic ring is 1. The molecule has 19 heavy (non-hydrogen) atoms.